The highest BCUT2D eigenvalue weighted by Gasteiger charge is 2.08. The van der Waals surface area contributed by atoms with Crippen LogP contribution in [0.5, 0.6) is 0 Å². The average molecular weight is 221 g/mol. The molecule has 0 aliphatic carbocycles. The molecule has 1 aromatic rings. The summed E-state index contributed by atoms with van der Waals surface area (Å²) in [6.45, 7) is 4.04. The molecule has 80 valence electrons. The van der Waals surface area contributed by atoms with Gasteiger partial charge in [0.1, 0.15) is 0 Å². The topological polar surface area (TPSA) is 40.9 Å². The zero-order chi connectivity index (χ0) is 11.3. The van der Waals surface area contributed by atoms with Crippen LogP contribution in [0.3, 0.4) is 0 Å². The minimum Gasteiger partial charge on any atom is -0.259 e. The molecular weight excluding hydrogens is 206 g/mol. The van der Waals surface area contributed by atoms with Gasteiger partial charge in [0.2, 0.25) is 0 Å². The molecule has 0 aromatic heterocycles. The first-order valence-corrected chi connectivity index (χ1v) is 6.41. The van der Waals surface area contributed by atoms with Gasteiger partial charge in [0, 0.05) is 21.8 Å². The Morgan fingerprint density at radius 3 is 2.47 bits per heavy atom. The average Bonchev–Trinajstić information content (AvgIpc) is 2.29. The van der Waals surface area contributed by atoms with Gasteiger partial charge in [0.15, 0.2) is 0 Å². The van der Waals surface area contributed by atoms with Crippen LogP contribution in [0.25, 0.3) is 0 Å². The molecule has 0 saturated heterocycles. The summed E-state index contributed by atoms with van der Waals surface area (Å²) in [4.78, 5) is 0. The van der Waals surface area contributed by atoms with Crippen molar-refractivity contribution in [3.8, 4) is 6.07 Å². The van der Waals surface area contributed by atoms with Gasteiger partial charge in [-0.3, -0.25) is 4.21 Å². The third-order valence-corrected chi connectivity index (χ3v) is 4.26. The van der Waals surface area contributed by atoms with Crippen molar-refractivity contribution < 1.29 is 4.21 Å². The number of rotatable bonds is 4. The highest BCUT2D eigenvalue weighted by Crippen LogP contribution is 2.10. The standard InChI is InChI=1S/C12H15NOS/c1-3-10(2)15(14)9-12-6-4-11(8-13)5-7-12/h4-7,10H,3,9H2,1-2H3. The molecule has 1 rings (SSSR count). The molecule has 0 spiro atoms. The Morgan fingerprint density at radius 1 is 1.40 bits per heavy atom. The fraction of sp³-hybridized carbons (Fsp3) is 0.417. The molecule has 0 N–H and O–H groups in total. The van der Waals surface area contributed by atoms with Crippen LogP contribution in [0.2, 0.25) is 0 Å². The smallest absolute Gasteiger partial charge is 0.0991 e. The molecule has 15 heavy (non-hydrogen) atoms. The van der Waals surface area contributed by atoms with Gasteiger partial charge in [0.25, 0.3) is 0 Å². The summed E-state index contributed by atoms with van der Waals surface area (Å²) >= 11 is 0. The molecule has 0 bridgehead atoms. The van der Waals surface area contributed by atoms with Gasteiger partial charge in [-0.25, -0.2) is 0 Å². The first-order valence-electron chi connectivity index (χ1n) is 5.03. The highest BCUT2D eigenvalue weighted by atomic mass is 32.2. The van der Waals surface area contributed by atoms with Crippen LogP contribution in [0.15, 0.2) is 24.3 Å². The summed E-state index contributed by atoms with van der Waals surface area (Å²) in [5.41, 5.74) is 1.68. The fourth-order valence-corrected chi connectivity index (χ4v) is 2.35. The molecule has 1 aromatic carbocycles. The van der Waals surface area contributed by atoms with Crippen molar-refractivity contribution in [1.82, 2.24) is 0 Å². The molecule has 2 nitrogen and oxygen atoms in total. The van der Waals surface area contributed by atoms with Crippen LogP contribution < -0.4 is 0 Å². The van der Waals surface area contributed by atoms with Gasteiger partial charge in [-0.05, 0) is 24.1 Å². The Labute approximate surface area is 93.4 Å². The maximum absolute atomic E-state index is 11.7. The zero-order valence-corrected chi connectivity index (χ0v) is 9.88. The first-order chi connectivity index (χ1) is 7.17. The summed E-state index contributed by atoms with van der Waals surface area (Å²) in [5.74, 6) is 0.584. The van der Waals surface area contributed by atoms with Crippen LogP contribution in [0.4, 0.5) is 0 Å². The molecule has 2 atom stereocenters. The highest BCUT2D eigenvalue weighted by molar-refractivity contribution is 7.84. The largest absolute Gasteiger partial charge is 0.259 e. The summed E-state index contributed by atoms with van der Waals surface area (Å²) < 4.78 is 11.7. The lowest BCUT2D eigenvalue weighted by Crippen LogP contribution is -2.11. The van der Waals surface area contributed by atoms with Crippen molar-refractivity contribution in [3.63, 3.8) is 0 Å². The van der Waals surface area contributed by atoms with Crippen molar-refractivity contribution >= 4 is 10.8 Å². The Kier molecular flexibility index (Phi) is 4.51. The third-order valence-electron chi connectivity index (χ3n) is 2.42. The van der Waals surface area contributed by atoms with Gasteiger partial charge < -0.3 is 0 Å². The number of benzene rings is 1. The van der Waals surface area contributed by atoms with E-state index in [0.29, 0.717) is 11.3 Å². The van der Waals surface area contributed by atoms with Crippen molar-refractivity contribution in [3.05, 3.63) is 35.4 Å². The van der Waals surface area contributed by atoms with Gasteiger partial charge >= 0.3 is 0 Å². The van der Waals surface area contributed by atoms with E-state index in [1.807, 2.05) is 26.0 Å². The number of nitrogens with zero attached hydrogens (tertiary/aromatic N) is 1. The lowest BCUT2D eigenvalue weighted by Gasteiger charge is -2.08. The van der Waals surface area contributed by atoms with Gasteiger partial charge in [-0.2, -0.15) is 5.26 Å². The number of hydrogen-bond acceptors (Lipinski definition) is 2. The maximum Gasteiger partial charge on any atom is 0.0991 e. The minimum absolute atomic E-state index is 0.237. The van der Waals surface area contributed by atoms with Crippen LogP contribution in [-0.2, 0) is 16.6 Å². The Bertz CT molecular complexity index is 378. The van der Waals surface area contributed by atoms with Crippen LogP contribution in [-0.4, -0.2) is 9.46 Å². The zero-order valence-electron chi connectivity index (χ0n) is 9.06. The fourth-order valence-electron chi connectivity index (χ4n) is 1.17. The minimum atomic E-state index is -0.807. The number of hydrogen-bond donors (Lipinski definition) is 0. The second-order valence-electron chi connectivity index (χ2n) is 3.55. The molecule has 0 amide bonds. The van der Waals surface area contributed by atoms with E-state index in [4.69, 9.17) is 5.26 Å². The van der Waals surface area contributed by atoms with Crippen LogP contribution in [0, 0.1) is 11.3 Å². The van der Waals surface area contributed by atoms with Crippen molar-refractivity contribution in [2.45, 2.75) is 31.3 Å². The predicted octanol–water partition coefficient (Wildman–Crippen LogP) is 2.61. The van der Waals surface area contributed by atoms with Crippen molar-refractivity contribution in [2.75, 3.05) is 0 Å². The van der Waals surface area contributed by atoms with E-state index in [9.17, 15) is 4.21 Å². The van der Waals surface area contributed by atoms with Crippen molar-refractivity contribution in [1.29, 1.82) is 5.26 Å². The van der Waals surface area contributed by atoms with Crippen molar-refractivity contribution in [2.24, 2.45) is 0 Å². The van der Waals surface area contributed by atoms with E-state index in [1.165, 1.54) is 0 Å². The first kappa shape index (κ1) is 11.9. The van der Waals surface area contributed by atoms with E-state index in [2.05, 4.69) is 6.07 Å². The Morgan fingerprint density at radius 2 is 2.00 bits per heavy atom. The Balaban J connectivity index is 2.66. The van der Waals surface area contributed by atoms with Crippen LogP contribution >= 0.6 is 0 Å². The van der Waals surface area contributed by atoms with Crippen LogP contribution in [0.1, 0.15) is 31.4 Å². The second kappa shape index (κ2) is 5.67. The summed E-state index contributed by atoms with van der Waals surface area (Å²) in [6, 6.07) is 9.35. The molecule has 0 radical (unpaired) electrons. The SMILES string of the molecule is CCC(C)S(=O)Cc1ccc(C#N)cc1. The quantitative estimate of drug-likeness (QED) is 0.784. The van der Waals surface area contributed by atoms with E-state index >= 15 is 0 Å². The monoisotopic (exact) mass is 221 g/mol. The van der Waals surface area contributed by atoms with E-state index in [-0.39, 0.29) is 5.25 Å². The summed E-state index contributed by atoms with van der Waals surface area (Å²) in [5, 5.41) is 8.86. The lowest BCUT2D eigenvalue weighted by atomic mass is 10.2. The van der Waals surface area contributed by atoms with E-state index in [0.717, 1.165) is 12.0 Å². The summed E-state index contributed by atoms with van der Waals surface area (Å²) in [6.07, 6.45) is 0.933. The van der Waals surface area contributed by atoms with E-state index < -0.39 is 10.8 Å². The third kappa shape index (κ3) is 3.49. The lowest BCUT2D eigenvalue weighted by molar-refractivity contribution is 0.669. The van der Waals surface area contributed by atoms with Gasteiger partial charge in [-0.15, -0.1) is 0 Å². The molecular formula is C12H15NOS. The molecule has 0 aliphatic rings. The normalized spacial score (nSPS) is 14.2. The Hall–Kier alpha value is -1.14. The van der Waals surface area contributed by atoms with Gasteiger partial charge in [0.05, 0.1) is 11.6 Å². The molecule has 2 unspecified atom stereocenters. The molecule has 3 heteroatoms. The molecule has 0 aliphatic heterocycles. The predicted molar refractivity (Wildman–Crippen MR) is 62.8 cm³/mol. The van der Waals surface area contributed by atoms with Gasteiger partial charge in [-0.1, -0.05) is 26.0 Å². The van der Waals surface area contributed by atoms with E-state index in [1.54, 1.807) is 12.1 Å². The molecule has 0 fully saturated rings. The summed E-state index contributed by atoms with van der Waals surface area (Å²) in [7, 11) is -0.807. The number of nitriles is 1. The second-order valence-corrected chi connectivity index (χ2v) is 5.41. The maximum atomic E-state index is 11.7. The molecule has 0 heterocycles. The molecule has 0 saturated carbocycles.